The molecule has 0 radical (unpaired) electrons. The van der Waals surface area contributed by atoms with Crippen molar-refractivity contribution in [3.05, 3.63) is 56.4 Å². The van der Waals surface area contributed by atoms with Gasteiger partial charge in [0, 0.05) is 17.1 Å². The van der Waals surface area contributed by atoms with Gasteiger partial charge in [-0.25, -0.2) is 0 Å². The predicted octanol–water partition coefficient (Wildman–Crippen LogP) is 2.72. The molecule has 0 saturated carbocycles. The summed E-state index contributed by atoms with van der Waals surface area (Å²) in [5.41, 5.74) is 0.871. The van der Waals surface area contributed by atoms with Gasteiger partial charge in [-0.05, 0) is 32.1 Å². The van der Waals surface area contributed by atoms with E-state index in [2.05, 4.69) is 50.8 Å². The van der Waals surface area contributed by atoms with Crippen molar-refractivity contribution in [2.45, 2.75) is 32.3 Å². The van der Waals surface area contributed by atoms with Crippen LogP contribution in [-0.4, -0.2) is 11.2 Å². The smallest absolute Gasteiger partial charge is 0 e. The standard InChI is InChI=1S/C12H18O.3CO.Fe/c1-10(2)12(13)9-8-11-6-4-3-5-7-11;3*1-2;/h3-6,11-13H,1,7-9H2,2H3;;;;. The molecule has 20 heavy (non-hydrogen) atoms. The summed E-state index contributed by atoms with van der Waals surface area (Å²) in [5, 5.41) is 9.52. The maximum Gasteiger partial charge on any atom is 0 e. The first kappa shape index (κ1) is 27.3. The maximum absolute atomic E-state index is 9.52. The normalized spacial score (nSPS) is 15.3. The summed E-state index contributed by atoms with van der Waals surface area (Å²) < 4.78 is 22.5. The quantitative estimate of drug-likeness (QED) is 0.368. The van der Waals surface area contributed by atoms with Gasteiger partial charge in [0.25, 0.3) is 0 Å². The SMILES string of the molecule is C=C(C)C(O)CCC1C=CC=CC1.[C-]#[O+].[C-]#[O+].[C-]#[O+].[Fe]. The Balaban J connectivity index is -0.000000162. The molecule has 1 rings (SSSR count). The molecule has 1 aliphatic carbocycles. The molecule has 4 nitrogen and oxygen atoms in total. The number of hydrogen-bond acceptors (Lipinski definition) is 1. The predicted molar refractivity (Wildman–Crippen MR) is 68.2 cm³/mol. The second-order valence-electron chi connectivity index (χ2n) is 3.75. The van der Waals surface area contributed by atoms with Crippen LogP contribution in [0, 0.1) is 25.9 Å². The fourth-order valence-electron chi connectivity index (χ4n) is 1.46. The Labute approximate surface area is 131 Å². The second-order valence-corrected chi connectivity index (χ2v) is 3.75. The Hall–Kier alpha value is -1.08. The van der Waals surface area contributed by atoms with Gasteiger partial charge in [0.15, 0.2) is 0 Å². The minimum Gasteiger partial charge on any atom is 0 e. The van der Waals surface area contributed by atoms with Crippen LogP contribution in [0.2, 0.25) is 0 Å². The van der Waals surface area contributed by atoms with Crippen molar-refractivity contribution < 1.29 is 36.1 Å². The molecule has 0 aromatic heterocycles. The van der Waals surface area contributed by atoms with Gasteiger partial charge in [0.05, 0.1) is 6.10 Å². The Morgan fingerprint density at radius 2 is 1.75 bits per heavy atom. The zero-order chi connectivity index (χ0) is 15.7. The second kappa shape index (κ2) is 23.0. The fraction of sp³-hybridized carbons (Fsp3) is 0.400. The van der Waals surface area contributed by atoms with Crippen molar-refractivity contribution >= 4 is 0 Å². The molecule has 0 heterocycles. The van der Waals surface area contributed by atoms with Gasteiger partial charge < -0.3 is 5.11 Å². The van der Waals surface area contributed by atoms with Crippen LogP contribution in [0.15, 0.2) is 36.5 Å². The van der Waals surface area contributed by atoms with E-state index in [0.717, 1.165) is 24.8 Å². The summed E-state index contributed by atoms with van der Waals surface area (Å²) in [7, 11) is 0. The molecule has 1 aliphatic rings. The van der Waals surface area contributed by atoms with Crippen LogP contribution in [-0.2, 0) is 31.0 Å². The summed E-state index contributed by atoms with van der Waals surface area (Å²) >= 11 is 0. The third kappa shape index (κ3) is 16.9. The van der Waals surface area contributed by atoms with Crippen molar-refractivity contribution in [1.29, 1.82) is 0 Å². The zero-order valence-electron chi connectivity index (χ0n) is 11.3. The van der Waals surface area contributed by atoms with Crippen LogP contribution in [0.3, 0.4) is 0 Å². The van der Waals surface area contributed by atoms with E-state index in [-0.39, 0.29) is 23.2 Å². The molecule has 0 fully saturated rings. The Kier molecular flexibility index (Phi) is 31.4. The molecule has 5 heteroatoms. The van der Waals surface area contributed by atoms with Crippen molar-refractivity contribution in [1.82, 2.24) is 0 Å². The topological polar surface area (TPSA) is 79.9 Å². The third-order valence-electron chi connectivity index (χ3n) is 2.45. The minimum absolute atomic E-state index is 0. The molecule has 0 aromatic rings. The summed E-state index contributed by atoms with van der Waals surface area (Å²) in [6.07, 6.45) is 11.2. The number of hydrogen-bond donors (Lipinski definition) is 1. The first-order valence-corrected chi connectivity index (χ1v) is 5.48. The first-order valence-electron chi connectivity index (χ1n) is 5.48. The molecule has 1 N–H and O–H groups in total. The molecule has 0 bridgehead atoms. The van der Waals surface area contributed by atoms with Crippen LogP contribution in [0.4, 0.5) is 0 Å². The van der Waals surface area contributed by atoms with Crippen LogP contribution in [0.1, 0.15) is 26.2 Å². The Bertz CT molecular complexity index is 325. The van der Waals surface area contributed by atoms with Crippen LogP contribution in [0.5, 0.6) is 0 Å². The summed E-state index contributed by atoms with van der Waals surface area (Å²) in [6.45, 7) is 19.1. The van der Waals surface area contributed by atoms with E-state index in [9.17, 15) is 5.11 Å². The molecule has 2 unspecified atom stereocenters. The van der Waals surface area contributed by atoms with Gasteiger partial charge in [0.1, 0.15) is 0 Å². The van der Waals surface area contributed by atoms with Gasteiger partial charge in [-0.1, -0.05) is 36.5 Å². The molecular formula is C15H18FeO4. The third-order valence-corrected chi connectivity index (χ3v) is 2.45. The molecule has 0 amide bonds. The molecule has 0 aliphatic heterocycles. The average molecular weight is 318 g/mol. The van der Waals surface area contributed by atoms with E-state index < -0.39 is 0 Å². The number of aliphatic hydroxyl groups is 1. The molecule has 0 aromatic carbocycles. The van der Waals surface area contributed by atoms with Crippen molar-refractivity contribution in [2.75, 3.05) is 0 Å². The average Bonchev–Trinajstić information content (AvgIpc) is 2.51. The summed E-state index contributed by atoms with van der Waals surface area (Å²) in [5.74, 6) is 0.610. The molecule has 0 spiro atoms. The van der Waals surface area contributed by atoms with E-state index in [4.69, 9.17) is 14.0 Å². The Morgan fingerprint density at radius 3 is 2.10 bits per heavy atom. The van der Waals surface area contributed by atoms with E-state index >= 15 is 0 Å². The molecule has 2 atom stereocenters. The first-order chi connectivity index (χ1) is 9.20. The van der Waals surface area contributed by atoms with Gasteiger partial charge >= 0.3 is 33.9 Å². The maximum atomic E-state index is 9.52. The number of aliphatic hydroxyl groups excluding tert-OH is 1. The van der Waals surface area contributed by atoms with Gasteiger partial charge in [-0.15, -0.1) is 0 Å². The van der Waals surface area contributed by atoms with Crippen LogP contribution < -0.4 is 0 Å². The van der Waals surface area contributed by atoms with E-state index in [0.29, 0.717) is 5.92 Å². The van der Waals surface area contributed by atoms with Gasteiger partial charge in [-0.3, -0.25) is 0 Å². The molecule has 0 saturated heterocycles. The summed E-state index contributed by atoms with van der Waals surface area (Å²) in [4.78, 5) is 0. The van der Waals surface area contributed by atoms with Crippen molar-refractivity contribution in [2.24, 2.45) is 5.92 Å². The minimum atomic E-state index is -0.320. The van der Waals surface area contributed by atoms with Crippen molar-refractivity contribution in [3.8, 4) is 0 Å². The molecular weight excluding hydrogens is 300 g/mol. The van der Waals surface area contributed by atoms with Crippen LogP contribution in [0.25, 0.3) is 0 Å². The van der Waals surface area contributed by atoms with Gasteiger partial charge in [-0.2, -0.15) is 0 Å². The van der Waals surface area contributed by atoms with Crippen LogP contribution >= 0.6 is 0 Å². The largest absolute Gasteiger partial charge is 0 e. The molecule has 110 valence electrons. The van der Waals surface area contributed by atoms with Gasteiger partial charge in [0.2, 0.25) is 0 Å². The van der Waals surface area contributed by atoms with E-state index in [1.54, 1.807) is 0 Å². The van der Waals surface area contributed by atoms with Crippen molar-refractivity contribution in [3.63, 3.8) is 0 Å². The number of allylic oxidation sites excluding steroid dienone is 4. The van der Waals surface area contributed by atoms with E-state index in [1.165, 1.54) is 0 Å². The number of rotatable bonds is 4. The zero-order valence-corrected chi connectivity index (χ0v) is 12.4. The fourth-order valence-corrected chi connectivity index (χ4v) is 1.46. The monoisotopic (exact) mass is 318 g/mol. The van der Waals surface area contributed by atoms with E-state index in [1.807, 2.05) is 6.92 Å². The summed E-state index contributed by atoms with van der Waals surface area (Å²) in [6, 6.07) is 0. The Morgan fingerprint density at radius 1 is 1.25 bits per heavy atom.